The molecule has 7 heteroatoms. The SMILES string of the molecule is CC(C)C[C@@H]1NCCN([C@@H](CC(C)C)C(=O)N2CCC(CC(=O)OCC3CC3)CC2)C1=O. The maximum atomic E-state index is 13.5. The number of hydrogen-bond acceptors (Lipinski definition) is 5. The van der Waals surface area contributed by atoms with Gasteiger partial charge in [-0.15, -0.1) is 0 Å². The third-order valence-corrected chi connectivity index (χ3v) is 6.95. The molecular weight excluding hydrogens is 406 g/mol. The number of hydrogen-bond donors (Lipinski definition) is 1. The number of ether oxygens (including phenoxy) is 1. The van der Waals surface area contributed by atoms with E-state index in [9.17, 15) is 14.4 Å². The summed E-state index contributed by atoms with van der Waals surface area (Å²) in [6, 6.07) is -0.585. The van der Waals surface area contributed by atoms with Gasteiger partial charge in [0.15, 0.2) is 0 Å². The van der Waals surface area contributed by atoms with Crippen LogP contribution < -0.4 is 5.32 Å². The molecule has 0 aromatic carbocycles. The maximum Gasteiger partial charge on any atom is 0.306 e. The standard InChI is InChI=1S/C25H43N3O4/c1-17(2)13-21-24(30)28(12-9-26-21)22(14-18(3)4)25(31)27-10-7-19(8-11-27)15-23(29)32-16-20-5-6-20/h17-22,26H,5-16H2,1-4H3/t21-,22-/m0/s1. The number of likely N-dealkylation sites (tertiary alicyclic amines) is 1. The third kappa shape index (κ3) is 7.19. The third-order valence-electron chi connectivity index (χ3n) is 6.95. The first-order valence-electron chi connectivity index (χ1n) is 12.7. The molecule has 3 aliphatic rings. The van der Waals surface area contributed by atoms with Crippen LogP contribution in [-0.4, -0.2) is 72.5 Å². The van der Waals surface area contributed by atoms with E-state index in [2.05, 4.69) is 33.0 Å². The van der Waals surface area contributed by atoms with E-state index in [1.165, 1.54) is 12.8 Å². The van der Waals surface area contributed by atoms with Gasteiger partial charge >= 0.3 is 5.97 Å². The first kappa shape index (κ1) is 25.0. The van der Waals surface area contributed by atoms with Crippen LogP contribution in [0.1, 0.15) is 72.6 Å². The Kier molecular flexibility index (Phi) is 8.97. The van der Waals surface area contributed by atoms with Crippen molar-refractivity contribution in [3.63, 3.8) is 0 Å². The summed E-state index contributed by atoms with van der Waals surface area (Å²) in [5.41, 5.74) is 0. The average molecular weight is 450 g/mol. The average Bonchev–Trinajstić information content (AvgIpc) is 3.56. The van der Waals surface area contributed by atoms with Gasteiger partial charge in [0.1, 0.15) is 6.04 Å². The molecule has 1 N–H and O–H groups in total. The zero-order valence-electron chi connectivity index (χ0n) is 20.5. The van der Waals surface area contributed by atoms with E-state index in [-0.39, 0.29) is 35.8 Å². The van der Waals surface area contributed by atoms with Crippen molar-refractivity contribution < 1.29 is 19.1 Å². The fourth-order valence-corrected chi connectivity index (χ4v) is 4.89. The van der Waals surface area contributed by atoms with Crippen LogP contribution in [0.15, 0.2) is 0 Å². The molecule has 2 amide bonds. The summed E-state index contributed by atoms with van der Waals surface area (Å²) >= 11 is 0. The summed E-state index contributed by atoms with van der Waals surface area (Å²) in [5, 5.41) is 3.34. The molecule has 0 unspecified atom stereocenters. The monoisotopic (exact) mass is 449 g/mol. The molecule has 2 atom stereocenters. The van der Waals surface area contributed by atoms with Crippen LogP contribution in [0.25, 0.3) is 0 Å². The smallest absolute Gasteiger partial charge is 0.306 e. The summed E-state index contributed by atoms with van der Waals surface area (Å²) in [4.78, 5) is 42.6. The van der Waals surface area contributed by atoms with Crippen LogP contribution in [0.5, 0.6) is 0 Å². The second-order valence-corrected chi connectivity index (χ2v) is 10.9. The largest absolute Gasteiger partial charge is 0.465 e. The zero-order valence-corrected chi connectivity index (χ0v) is 20.5. The summed E-state index contributed by atoms with van der Waals surface area (Å²) in [6.45, 7) is 11.7. The number of rotatable bonds is 10. The van der Waals surface area contributed by atoms with Gasteiger partial charge in [-0.25, -0.2) is 0 Å². The number of nitrogens with zero attached hydrogens (tertiary/aromatic N) is 2. The Morgan fingerprint density at radius 3 is 2.28 bits per heavy atom. The number of amides is 2. The van der Waals surface area contributed by atoms with Crippen molar-refractivity contribution >= 4 is 17.8 Å². The summed E-state index contributed by atoms with van der Waals surface area (Å²) in [6.07, 6.45) is 5.94. The summed E-state index contributed by atoms with van der Waals surface area (Å²) in [5.74, 6) is 1.67. The molecule has 182 valence electrons. The van der Waals surface area contributed by atoms with E-state index in [4.69, 9.17) is 4.74 Å². The van der Waals surface area contributed by atoms with Crippen molar-refractivity contribution in [3.8, 4) is 0 Å². The Morgan fingerprint density at radius 2 is 1.69 bits per heavy atom. The Hall–Kier alpha value is -1.63. The van der Waals surface area contributed by atoms with Gasteiger partial charge in [-0.2, -0.15) is 0 Å². The fraction of sp³-hybridized carbons (Fsp3) is 0.880. The molecule has 1 aliphatic carbocycles. The highest BCUT2D eigenvalue weighted by Gasteiger charge is 2.39. The van der Waals surface area contributed by atoms with E-state index >= 15 is 0 Å². The molecule has 7 nitrogen and oxygen atoms in total. The van der Waals surface area contributed by atoms with E-state index in [1.54, 1.807) is 0 Å². The van der Waals surface area contributed by atoms with Gasteiger partial charge in [0.05, 0.1) is 12.6 Å². The van der Waals surface area contributed by atoms with E-state index in [0.29, 0.717) is 56.8 Å². The Bertz CT molecular complexity index is 654. The zero-order chi connectivity index (χ0) is 23.3. The predicted octanol–water partition coefficient (Wildman–Crippen LogP) is 2.83. The molecule has 2 aliphatic heterocycles. The number of piperidine rings is 1. The van der Waals surface area contributed by atoms with Crippen LogP contribution in [0, 0.1) is 23.7 Å². The minimum atomic E-state index is -0.390. The minimum Gasteiger partial charge on any atom is -0.465 e. The van der Waals surface area contributed by atoms with Crippen molar-refractivity contribution in [1.29, 1.82) is 0 Å². The Labute approximate surface area is 193 Å². The summed E-state index contributed by atoms with van der Waals surface area (Å²) < 4.78 is 5.38. The molecule has 0 bridgehead atoms. The van der Waals surface area contributed by atoms with Crippen LogP contribution in [-0.2, 0) is 19.1 Å². The second-order valence-electron chi connectivity index (χ2n) is 10.9. The second kappa shape index (κ2) is 11.5. The first-order valence-corrected chi connectivity index (χ1v) is 12.7. The number of carbonyl (C=O) groups excluding carboxylic acids is 3. The quantitative estimate of drug-likeness (QED) is 0.519. The predicted molar refractivity (Wildman–Crippen MR) is 124 cm³/mol. The lowest BCUT2D eigenvalue weighted by atomic mass is 9.92. The van der Waals surface area contributed by atoms with Crippen molar-refractivity contribution in [3.05, 3.63) is 0 Å². The highest BCUT2D eigenvalue weighted by molar-refractivity contribution is 5.90. The molecule has 2 saturated heterocycles. The highest BCUT2D eigenvalue weighted by atomic mass is 16.5. The van der Waals surface area contributed by atoms with Crippen LogP contribution in [0.2, 0.25) is 0 Å². The molecule has 32 heavy (non-hydrogen) atoms. The normalized spacial score (nSPS) is 23.7. The van der Waals surface area contributed by atoms with Gasteiger partial charge in [0.2, 0.25) is 11.8 Å². The van der Waals surface area contributed by atoms with Crippen molar-refractivity contribution in [2.45, 2.75) is 84.7 Å². The van der Waals surface area contributed by atoms with Crippen LogP contribution in [0.4, 0.5) is 0 Å². The maximum absolute atomic E-state index is 13.5. The van der Waals surface area contributed by atoms with Crippen molar-refractivity contribution in [2.75, 3.05) is 32.8 Å². The van der Waals surface area contributed by atoms with Crippen molar-refractivity contribution in [2.24, 2.45) is 23.7 Å². The Balaban J connectivity index is 1.55. The number of carbonyl (C=O) groups is 3. The van der Waals surface area contributed by atoms with Crippen LogP contribution in [0.3, 0.4) is 0 Å². The van der Waals surface area contributed by atoms with Gasteiger partial charge in [0.25, 0.3) is 0 Å². The molecule has 3 rings (SSSR count). The van der Waals surface area contributed by atoms with E-state index in [0.717, 1.165) is 25.8 Å². The fourth-order valence-electron chi connectivity index (χ4n) is 4.89. The van der Waals surface area contributed by atoms with Crippen LogP contribution >= 0.6 is 0 Å². The lowest BCUT2D eigenvalue weighted by molar-refractivity contribution is -0.151. The van der Waals surface area contributed by atoms with Gasteiger partial charge in [-0.3, -0.25) is 14.4 Å². The number of nitrogens with one attached hydrogen (secondary N) is 1. The topological polar surface area (TPSA) is 79.0 Å². The van der Waals surface area contributed by atoms with Gasteiger partial charge in [0, 0.05) is 32.6 Å². The first-order chi connectivity index (χ1) is 15.2. The lowest BCUT2D eigenvalue weighted by Crippen LogP contribution is -2.62. The molecular formula is C25H43N3O4. The van der Waals surface area contributed by atoms with E-state index in [1.807, 2.05) is 9.80 Å². The van der Waals surface area contributed by atoms with E-state index < -0.39 is 0 Å². The molecule has 1 saturated carbocycles. The summed E-state index contributed by atoms with van der Waals surface area (Å²) in [7, 11) is 0. The molecule has 2 heterocycles. The van der Waals surface area contributed by atoms with Gasteiger partial charge < -0.3 is 19.9 Å². The lowest BCUT2D eigenvalue weighted by Gasteiger charge is -2.42. The molecule has 0 aromatic rings. The molecule has 0 radical (unpaired) electrons. The van der Waals surface area contributed by atoms with Gasteiger partial charge in [-0.1, -0.05) is 27.7 Å². The Morgan fingerprint density at radius 1 is 1.00 bits per heavy atom. The number of esters is 1. The van der Waals surface area contributed by atoms with Crippen molar-refractivity contribution in [1.82, 2.24) is 15.1 Å². The molecule has 0 spiro atoms. The molecule has 3 fully saturated rings. The minimum absolute atomic E-state index is 0.0669. The number of piperazine rings is 1. The molecule has 0 aromatic heterocycles. The van der Waals surface area contributed by atoms with Gasteiger partial charge in [-0.05, 0) is 62.2 Å². The highest BCUT2D eigenvalue weighted by Crippen LogP contribution is 2.29.